The Morgan fingerprint density at radius 2 is 1.52 bits per heavy atom. The predicted molar refractivity (Wildman–Crippen MR) is 126 cm³/mol. The summed E-state index contributed by atoms with van der Waals surface area (Å²) < 4.78 is 21.8. The first-order valence-corrected chi connectivity index (χ1v) is 8.91. The third kappa shape index (κ3) is 6.06. The molecule has 0 unspecified atom stereocenters. The minimum atomic E-state index is 0. The van der Waals surface area contributed by atoms with Gasteiger partial charge in [0.05, 0.1) is 28.4 Å². The zero-order valence-corrected chi connectivity index (χ0v) is 20.1. The number of methoxy groups -OCH3 is 4. The van der Waals surface area contributed by atoms with Gasteiger partial charge in [-0.3, -0.25) is 4.99 Å². The van der Waals surface area contributed by atoms with Crippen molar-refractivity contribution < 1.29 is 18.9 Å². The van der Waals surface area contributed by atoms with Gasteiger partial charge in [0.25, 0.3) is 0 Å². The van der Waals surface area contributed by atoms with E-state index in [1.54, 1.807) is 35.5 Å². The standard InChI is InChI=1S/C21H29N3O4.HI/c1-22-21(24(2)14-16-9-7-8-10-17(16)25-3)23-13-15-11-12-18(26-4)20(28-6)19(15)27-5;/h7-12H,13-14H2,1-6H3,(H,22,23);1H. The van der Waals surface area contributed by atoms with E-state index in [-0.39, 0.29) is 24.0 Å². The zero-order valence-electron chi connectivity index (χ0n) is 17.8. The van der Waals surface area contributed by atoms with Crippen LogP contribution in [0.2, 0.25) is 0 Å². The fourth-order valence-corrected chi connectivity index (χ4v) is 3.03. The zero-order chi connectivity index (χ0) is 20.5. The second-order valence-electron chi connectivity index (χ2n) is 6.06. The summed E-state index contributed by atoms with van der Waals surface area (Å²) in [5.41, 5.74) is 2.02. The van der Waals surface area contributed by atoms with Crippen LogP contribution in [0.5, 0.6) is 23.0 Å². The summed E-state index contributed by atoms with van der Waals surface area (Å²) in [6.45, 7) is 1.18. The average Bonchev–Trinajstić information content (AvgIpc) is 2.73. The SMILES string of the molecule is CN=C(NCc1ccc(OC)c(OC)c1OC)N(C)Cc1ccccc1OC.I. The highest BCUT2D eigenvalue weighted by Gasteiger charge is 2.17. The van der Waals surface area contributed by atoms with Gasteiger partial charge in [-0.05, 0) is 18.2 Å². The van der Waals surface area contributed by atoms with Gasteiger partial charge in [-0.2, -0.15) is 0 Å². The number of hydrogen-bond acceptors (Lipinski definition) is 5. The molecule has 0 saturated heterocycles. The molecule has 0 atom stereocenters. The highest BCUT2D eigenvalue weighted by Crippen LogP contribution is 2.39. The molecule has 0 aromatic heterocycles. The number of aliphatic imine (C=N–C) groups is 1. The second kappa shape index (κ2) is 12.3. The van der Waals surface area contributed by atoms with Crippen LogP contribution in [0.3, 0.4) is 0 Å². The van der Waals surface area contributed by atoms with Crippen molar-refractivity contribution in [3.05, 3.63) is 47.5 Å². The third-order valence-electron chi connectivity index (χ3n) is 4.40. The van der Waals surface area contributed by atoms with Crippen LogP contribution in [0, 0.1) is 0 Å². The fourth-order valence-electron chi connectivity index (χ4n) is 3.03. The second-order valence-corrected chi connectivity index (χ2v) is 6.06. The monoisotopic (exact) mass is 515 g/mol. The number of hydrogen-bond donors (Lipinski definition) is 1. The van der Waals surface area contributed by atoms with E-state index in [9.17, 15) is 0 Å². The molecule has 0 aliphatic carbocycles. The molecule has 7 nitrogen and oxygen atoms in total. The highest BCUT2D eigenvalue weighted by molar-refractivity contribution is 14.0. The molecule has 2 aromatic rings. The predicted octanol–water partition coefficient (Wildman–Crippen LogP) is 3.55. The molecule has 0 heterocycles. The van der Waals surface area contributed by atoms with Gasteiger partial charge in [0.2, 0.25) is 5.75 Å². The molecule has 0 fully saturated rings. The maximum Gasteiger partial charge on any atom is 0.203 e. The third-order valence-corrected chi connectivity index (χ3v) is 4.40. The number of nitrogens with one attached hydrogen (secondary N) is 1. The van der Waals surface area contributed by atoms with Crippen molar-refractivity contribution in [1.82, 2.24) is 10.2 Å². The lowest BCUT2D eigenvalue weighted by Crippen LogP contribution is -2.38. The van der Waals surface area contributed by atoms with E-state index >= 15 is 0 Å². The molecule has 29 heavy (non-hydrogen) atoms. The Morgan fingerprint density at radius 1 is 0.862 bits per heavy atom. The summed E-state index contributed by atoms with van der Waals surface area (Å²) in [5, 5.41) is 3.37. The number of nitrogens with zero attached hydrogens (tertiary/aromatic N) is 2. The van der Waals surface area contributed by atoms with Crippen LogP contribution in [0.15, 0.2) is 41.4 Å². The van der Waals surface area contributed by atoms with Crippen LogP contribution in [0.4, 0.5) is 0 Å². The van der Waals surface area contributed by atoms with Crippen molar-refractivity contribution in [2.45, 2.75) is 13.1 Å². The summed E-state index contributed by atoms with van der Waals surface area (Å²) in [7, 11) is 10.2. The molecule has 0 bridgehead atoms. The van der Waals surface area contributed by atoms with E-state index in [4.69, 9.17) is 18.9 Å². The first kappa shape index (κ1) is 24.7. The summed E-state index contributed by atoms with van der Waals surface area (Å²) in [6.07, 6.45) is 0. The smallest absolute Gasteiger partial charge is 0.203 e. The minimum absolute atomic E-state index is 0. The molecule has 0 saturated carbocycles. The molecule has 0 spiro atoms. The van der Waals surface area contributed by atoms with Gasteiger partial charge in [-0.1, -0.05) is 18.2 Å². The molecule has 160 valence electrons. The molecular formula is C21H30IN3O4. The molecule has 0 amide bonds. The largest absolute Gasteiger partial charge is 0.496 e. The van der Waals surface area contributed by atoms with Crippen molar-refractivity contribution in [3.63, 3.8) is 0 Å². The number of halogens is 1. The van der Waals surface area contributed by atoms with Gasteiger partial charge >= 0.3 is 0 Å². The number of ether oxygens (including phenoxy) is 4. The van der Waals surface area contributed by atoms with Crippen LogP contribution in [0.25, 0.3) is 0 Å². The van der Waals surface area contributed by atoms with Crippen LogP contribution < -0.4 is 24.3 Å². The molecule has 2 aromatic carbocycles. The van der Waals surface area contributed by atoms with Crippen LogP contribution in [-0.4, -0.2) is 53.4 Å². The van der Waals surface area contributed by atoms with Gasteiger partial charge in [0.1, 0.15) is 5.75 Å². The Hall–Kier alpha value is -2.36. The van der Waals surface area contributed by atoms with Gasteiger partial charge in [-0.25, -0.2) is 0 Å². The van der Waals surface area contributed by atoms with Crippen molar-refractivity contribution in [2.75, 3.05) is 42.5 Å². The average molecular weight is 515 g/mol. The van der Waals surface area contributed by atoms with Crippen LogP contribution >= 0.6 is 24.0 Å². The number of rotatable bonds is 8. The lowest BCUT2D eigenvalue weighted by molar-refractivity contribution is 0.322. The topological polar surface area (TPSA) is 64.6 Å². The van der Waals surface area contributed by atoms with E-state index in [1.165, 1.54) is 0 Å². The Bertz CT molecular complexity index is 815. The minimum Gasteiger partial charge on any atom is -0.496 e. The Morgan fingerprint density at radius 3 is 2.10 bits per heavy atom. The maximum atomic E-state index is 5.55. The first-order chi connectivity index (χ1) is 13.6. The maximum absolute atomic E-state index is 5.55. The molecule has 2 rings (SSSR count). The molecule has 0 aliphatic heterocycles. The summed E-state index contributed by atoms with van der Waals surface area (Å²) in [4.78, 5) is 6.41. The highest BCUT2D eigenvalue weighted by atomic mass is 127. The quantitative estimate of drug-likeness (QED) is 0.330. The van der Waals surface area contributed by atoms with Gasteiger partial charge in [0, 0.05) is 38.3 Å². The molecule has 0 aliphatic rings. The Kier molecular flexibility index (Phi) is 10.4. The van der Waals surface area contributed by atoms with Crippen molar-refractivity contribution in [3.8, 4) is 23.0 Å². The van der Waals surface area contributed by atoms with Gasteiger partial charge < -0.3 is 29.2 Å². The normalized spacial score (nSPS) is 10.6. The van der Waals surface area contributed by atoms with Crippen LogP contribution in [-0.2, 0) is 13.1 Å². The Labute approximate surface area is 190 Å². The number of para-hydroxylation sites is 1. The molecular weight excluding hydrogens is 485 g/mol. The molecule has 0 radical (unpaired) electrons. The van der Waals surface area contributed by atoms with Gasteiger partial charge in [-0.15, -0.1) is 24.0 Å². The van der Waals surface area contributed by atoms with E-state index in [0.717, 1.165) is 22.8 Å². The number of benzene rings is 2. The molecule has 8 heteroatoms. The summed E-state index contributed by atoms with van der Waals surface area (Å²) >= 11 is 0. The molecule has 1 N–H and O–H groups in total. The van der Waals surface area contributed by atoms with Crippen LogP contribution in [0.1, 0.15) is 11.1 Å². The lowest BCUT2D eigenvalue weighted by atomic mass is 10.1. The lowest BCUT2D eigenvalue weighted by Gasteiger charge is -2.24. The Balaban J connectivity index is 0.00000420. The van der Waals surface area contributed by atoms with Crippen molar-refractivity contribution in [2.24, 2.45) is 4.99 Å². The van der Waals surface area contributed by atoms with E-state index < -0.39 is 0 Å². The van der Waals surface area contributed by atoms with E-state index in [0.29, 0.717) is 30.3 Å². The summed E-state index contributed by atoms with van der Waals surface area (Å²) in [6, 6.07) is 11.8. The van der Waals surface area contributed by atoms with E-state index in [2.05, 4.69) is 10.3 Å². The van der Waals surface area contributed by atoms with E-state index in [1.807, 2.05) is 48.3 Å². The van der Waals surface area contributed by atoms with Crippen molar-refractivity contribution >= 4 is 29.9 Å². The number of guanidine groups is 1. The fraction of sp³-hybridized carbons (Fsp3) is 0.381. The first-order valence-electron chi connectivity index (χ1n) is 8.91. The van der Waals surface area contributed by atoms with Crippen molar-refractivity contribution in [1.29, 1.82) is 0 Å². The summed E-state index contributed by atoms with van der Waals surface area (Å²) in [5.74, 6) is 3.44. The van der Waals surface area contributed by atoms with Gasteiger partial charge in [0.15, 0.2) is 17.5 Å².